The largest absolute Gasteiger partial charge is 0.213 e. The molecule has 115 heavy (non-hydrogen) atoms. The molecular formula is C110H120N5+5. The number of aromatic nitrogens is 5. The zero-order chi connectivity index (χ0) is 95.9. The molecule has 0 N–H and O–H groups in total. The first-order valence-electron chi connectivity index (χ1n) is 47.2. The van der Waals surface area contributed by atoms with Crippen molar-refractivity contribution in [2.45, 2.75) is 136 Å². The highest BCUT2D eigenvalue weighted by Crippen LogP contribution is 2.36. The standard InChI is InChI=1S/C24H28N.C23H26N.3C21H22N/c1-17-9-7-8-10-21(17)23-16-20(13-14-25(23)6)19-11-12-22(18(2)15-19)24(3,4)5;1-16(2)22-14-19(11-10-18(22)4)20-12-13-24(5)23(15-20)21-9-7-6-8-17(21)3;2*1-15-11-16(2)13-19(12-15)18-9-10-22(4)21(14-18)20-8-6-5-7-17(20)3;1-15-9-10-18(13-17(15)3)19-11-12-22(4)21(14-19)20-8-6-5-7-16(20)2/h7-16H,1-6H3;6-16H,1-5H3;3*5-14H,1-4H3/q5*+1/i2D3,3D3;1D3,16D;1D3;;3D3. The van der Waals surface area contributed by atoms with E-state index in [4.69, 9.17) is 21.9 Å². The molecule has 580 valence electrons. The summed E-state index contributed by atoms with van der Waals surface area (Å²) in [6, 6.07) is 91.1. The number of aryl methyl sites for hydroxylation is 18. The molecule has 0 aliphatic heterocycles. The molecule has 1 unspecified atom stereocenters. The van der Waals surface area contributed by atoms with Gasteiger partial charge in [-0.05, 0) is 248 Å². The van der Waals surface area contributed by atoms with Gasteiger partial charge in [0.05, 0.1) is 0 Å². The Balaban J connectivity index is 0.000000159. The van der Waals surface area contributed by atoms with Gasteiger partial charge in [0.15, 0.2) is 31.0 Å². The van der Waals surface area contributed by atoms with Gasteiger partial charge in [-0.3, -0.25) is 0 Å². The molecule has 0 fully saturated rings. The molecule has 10 aromatic carbocycles. The van der Waals surface area contributed by atoms with E-state index in [1.165, 1.54) is 73.8 Å². The van der Waals surface area contributed by atoms with Crippen LogP contribution in [0.2, 0.25) is 0 Å². The Hall–Kier alpha value is -12.1. The Morgan fingerprint density at radius 1 is 0.261 bits per heavy atom. The predicted molar refractivity (Wildman–Crippen MR) is 487 cm³/mol. The topological polar surface area (TPSA) is 19.4 Å². The Bertz CT molecular complexity index is 6640. The second-order valence-electron chi connectivity index (χ2n) is 31.2. The van der Waals surface area contributed by atoms with Gasteiger partial charge < -0.3 is 0 Å². The zero-order valence-corrected chi connectivity index (χ0v) is 70.1. The highest BCUT2D eigenvalue weighted by atomic mass is 14.9. The van der Waals surface area contributed by atoms with Crippen LogP contribution >= 0.6 is 0 Å². The van der Waals surface area contributed by atoms with Crippen molar-refractivity contribution in [2.75, 3.05) is 0 Å². The molecule has 0 spiro atoms. The molecule has 15 rings (SSSR count). The van der Waals surface area contributed by atoms with Crippen molar-refractivity contribution >= 4 is 0 Å². The number of pyridine rings is 5. The number of hydrogen-bond donors (Lipinski definition) is 0. The summed E-state index contributed by atoms with van der Waals surface area (Å²) in [5.41, 5.74) is 33.1. The van der Waals surface area contributed by atoms with E-state index in [2.05, 4.69) is 201 Å². The average Bonchev–Trinajstić information content (AvgIpc) is 0.754. The minimum absolute atomic E-state index is 0.0804. The highest BCUT2D eigenvalue weighted by molar-refractivity contribution is 5.76. The molecule has 0 aliphatic carbocycles. The maximum Gasteiger partial charge on any atom is 0.213 e. The van der Waals surface area contributed by atoms with Crippen molar-refractivity contribution < 1.29 is 44.8 Å². The van der Waals surface area contributed by atoms with Crippen molar-refractivity contribution in [3.05, 3.63) is 387 Å². The molecule has 5 heteroatoms. The summed E-state index contributed by atoms with van der Waals surface area (Å²) in [5, 5.41) is 0. The van der Waals surface area contributed by atoms with Crippen molar-refractivity contribution in [1.29, 1.82) is 0 Å². The van der Waals surface area contributed by atoms with Crippen molar-refractivity contribution in [3.63, 3.8) is 0 Å². The SMILES string of the molecule is Cc1cc(C)cc(-c2cc[n+](C)c(-c3ccccc3C)c2)c1.[2H]C([2H])([2H])C([2H])(C)c1cc(-c2cc[n+](C)c(-c3ccccc3C)c2)ccc1C.[2H]C([2H])([2H])c1cc(-c2cc[n+](C)c(-c3ccccc3C)c2)ccc1C.[2H]C([2H])([2H])c1cc(-c2cc[n+](C)c(-c3ccccc3C)c2)ccc1C(C)(C)C([2H])([2H])[2H].[2H]C([2H])([2H])c1cc(C)cc(-c2cc[n+](C)c(-c3ccccc3C)c2)c1. The van der Waals surface area contributed by atoms with Gasteiger partial charge in [-0.1, -0.05) is 239 Å². The first-order valence-corrected chi connectivity index (χ1v) is 39.2. The van der Waals surface area contributed by atoms with E-state index in [0.717, 1.165) is 101 Å². The van der Waals surface area contributed by atoms with Gasteiger partial charge in [0.1, 0.15) is 35.2 Å². The van der Waals surface area contributed by atoms with Gasteiger partial charge in [-0.15, -0.1) is 0 Å². The van der Waals surface area contributed by atoms with Crippen molar-refractivity contribution in [2.24, 2.45) is 35.2 Å². The second-order valence-corrected chi connectivity index (χ2v) is 31.2. The lowest BCUT2D eigenvalue weighted by molar-refractivity contribution is -0.660. The van der Waals surface area contributed by atoms with Crippen LogP contribution in [-0.4, -0.2) is 0 Å². The van der Waals surface area contributed by atoms with E-state index in [9.17, 15) is 0 Å². The minimum atomic E-state index is -2.42. The van der Waals surface area contributed by atoms with E-state index in [-0.39, 0.29) is 5.56 Å². The van der Waals surface area contributed by atoms with Crippen LogP contribution in [0.15, 0.2) is 304 Å². The summed E-state index contributed by atoms with van der Waals surface area (Å²) in [4.78, 5) is 0. The Kier molecular flexibility index (Phi) is 20.9. The third kappa shape index (κ3) is 20.9. The summed E-state index contributed by atoms with van der Waals surface area (Å²) in [6.07, 6.45) is 10.2. The molecule has 5 aromatic heterocycles. The molecule has 0 saturated heterocycles. The molecule has 0 aliphatic rings. The lowest BCUT2D eigenvalue weighted by Gasteiger charge is -2.22. The maximum absolute atomic E-state index is 8.49. The Labute approximate surface area is 711 Å². The van der Waals surface area contributed by atoms with Crippen LogP contribution in [0.5, 0.6) is 0 Å². The smallest absolute Gasteiger partial charge is 0.201 e. The zero-order valence-electron chi connectivity index (χ0n) is 86.1. The fraction of sp³-hybridized carbons (Fsp3) is 0.227. The van der Waals surface area contributed by atoms with Gasteiger partial charge >= 0.3 is 0 Å². The molecule has 0 amide bonds. The average molecular weight is 1530 g/mol. The van der Waals surface area contributed by atoms with Crippen LogP contribution in [0.1, 0.15) is 146 Å². The molecular weight excluding hydrogens is 1390 g/mol. The molecule has 0 saturated carbocycles. The Morgan fingerprint density at radius 3 is 0.870 bits per heavy atom. The van der Waals surface area contributed by atoms with Gasteiger partial charge in [0.25, 0.3) is 0 Å². The van der Waals surface area contributed by atoms with Crippen LogP contribution in [0.4, 0.5) is 0 Å². The van der Waals surface area contributed by atoms with Gasteiger partial charge in [-0.25, -0.2) is 22.8 Å². The number of rotatable bonds is 11. The molecule has 0 radical (unpaired) electrons. The van der Waals surface area contributed by atoms with Crippen LogP contribution in [-0.2, 0) is 40.7 Å². The van der Waals surface area contributed by atoms with Gasteiger partial charge in [0, 0.05) is 110 Å². The third-order valence-corrected chi connectivity index (χ3v) is 21.4. The predicted octanol–water partition coefficient (Wildman–Crippen LogP) is 25.7. The second kappa shape index (κ2) is 37.3. The van der Waals surface area contributed by atoms with Crippen LogP contribution in [0.3, 0.4) is 0 Å². The first kappa shape index (κ1) is 64.4. The van der Waals surface area contributed by atoms with Crippen molar-refractivity contribution in [1.82, 2.24) is 0 Å². The fourth-order valence-corrected chi connectivity index (χ4v) is 14.8. The summed E-state index contributed by atoms with van der Waals surface area (Å²) in [5.74, 6) is -1.66. The van der Waals surface area contributed by atoms with Crippen LogP contribution < -0.4 is 22.8 Å². The fourth-order valence-electron chi connectivity index (χ4n) is 14.8. The summed E-state index contributed by atoms with van der Waals surface area (Å²) in [6.45, 7) is 13.7. The molecule has 1 atom stereocenters. The monoisotopic (exact) mass is 1530 g/mol. The van der Waals surface area contributed by atoms with E-state index in [1.54, 1.807) is 44.2 Å². The third-order valence-electron chi connectivity index (χ3n) is 21.4. The molecule has 5 nitrogen and oxygen atoms in total. The maximum atomic E-state index is 8.49. The van der Waals surface area contributed by atoms with Crippen LogP contribution in [0.25, 0.3) is 112 Å². The molecule has 15 aromatic rings. The number of nitrogens with zero attached hydrogens (tertiary/aromatic N) is 5. The molecule has 0 bridgehead atoms. The van der Waals surface area contributed by atoms with E-state index >= 15 is 0 Å². The first-order chi connectivity index (χ1) is 61.3. The Morgan fingerprint density at radius 2 is 0.548 bits per heavy atom. The van der Waals surface area contributed by atoms with Gasteiger partial charge in [0.2, 0.25) is 28.5 Å². The van der Waals surface area contributed by atoms with E-state index in [0.29, 0.717) is 22.3 Å². The van der Waals surface area contributed by atoms with Crippen LogP contribution in [0, 0.1) is 89.8 Å². The lowest BCUT2D eigenvalue weighted by atomic mass is 9.83. The molecule has 5 heterocycles. The normalized spacial score (nSPS) is 14.1. The highest BCUT2D eigenvalue weighted by Gasteiger charge is 2.22. The van der Waals surface area contributed by atoms with Gasteiger partial charge in [-0.2, -0.15) is 0 Å². The summed E-state index contributed by atoms with van der Waals surface area (Å²) < 4.78 is 136. The minimum Gasteiger partial charge on any atom is -0.201 e. The quantitative estimate of drug-likeness (QED) is 0.115. The van der Waals surface area contributed by atoms with E-state index < -0.39 is 45.6 Å². The lowest BCUT2D eigenvalue weighted by Crippen LogP contribution is -2.30. The summed E-state index contributed by atoms with van der Waals surface area (Å²) in [7, 11) is 10.1. The van der Waals surface area contributed by atoms with Crippen molar-refractivity contribution in [3.8, 4) is 112 Å². The number of hydrogen-bond acceptors (Lipinski definition) is 0. The number of benzene rings is 10. The van der Waals surface area contributed by atoms with E-state index in [1.807, 2.05) is 200 Å². The summed E-state index contributed by atoms with van der Waals surface area (Å²) >= 11 is 0.